The van der Waals surface area contributed by atoms with Crippen molar-refractivity contribution in [1.29, 1.82) is 5.26 Å². The first-order chi connectivity index (χ1) is 8.60. The van der Waals surface area contributed by atoms with Gasteiger partial charge in [-0.1, -0.05) is 6.07 Å². The minimum atomic E-state index is 0.00676. The van der Waals surface area contributed by atoms with E-state index in [1.165, 1.54) is 0 Å². The summed E-state index contributed by atoms with van der Waals surface area (Å²) in [7, 11) is 0. The molecule has 2 unspecified atom stereocenters. The summed E-state index contributed by atoms with van der Waals surface area (Å²) in [5, 5.41) is 12.2. The number of hydrogen-bond donors (Lipinski definition) is 1. The van der Waals surface area contributed by atoms with E-state index in [0.717, 1.165) is 0 Å². The molecule has 1 aliphatic heterocycles. The van der Waals surface area contributed by atoms with Crippen molar-refractivity contribution in [2.24, 2.45) is 0 Å². The van der Waals surface area contributed by atoms with Crippen LogP contribution in [0.4, 0.5) is 0 Å². The summed E-state index contributed by atoms with van der Waals surface area (Å²) in [4.78, 5) is 14.2. The normalized spacial score (nSPS) is 23.5. The quantitative estimate of drug-likeness (QED) is 0.810. The van der Waals surface area contributed by atoms with Crippen LogP contribution in [0.5, 0.6) is 0 Å². The van der Waals surface area contributed by atoms with Gasteiger partial charge in [0, 0.05) is 30.7 Å². The molecule has 0 spiro atoms. The highest BCUT2D eigenvalue weighted by Gasteiger charge is 2.25. The van der Waals surface area contributed by atoms with Crippen LogP contribution < -0.4 is 5.32 Å². The van der Waals surface area contributed by atoms with Gasteiger partial charge in [-0.15, -0.1) is 0 Å². The topological polar surface area (TPSA) is 56.1 Å². The molecule has 0 aromatic heterocycles. The molecule has 1 aromatic rings. The summed E-state index contributed by atoms with van der Waals surface area (Å²) in [6.45, 7) is 5.56. The smallest absolute Gasteiger partial charge is 0.254 e. The van der Waals surface area contributed by atoms with Crippen molar-refractivity contribution in [1.82, 2.24) is 10.2 Å². The monoisotopic (exact) mass is 243 g/mol. The fraction of sp³-hybridized carbons (Fsp3) is 0.429. The molecule has 2 rings (SSSR count). The first kappa shape index (κ1) is 12.6. The average Bonchev–Trinajstić information content (AvgIpc) is 2.37. The van der Waals surface area contributed by atoms with E-state index in [1.807, 2.05) is 4.90 Å². The first-order valence-electron chi connectivity index (χ1n) is 6.15. The number of rotatable bonds is 1. The van der Waals surface area contributed by atoms with Crippen LogP contribution in [0.25, 0.3) is 0 Å². The predicted octanol–water partition coefficient (Wildman–Crippen LogP) is 1.38. The van der Waals surface area contributed by atoms with Gasteiger partial charge in [-0.2, -0.15) is 5.26 Å². The van der Waals surface area contributed by atoms with E-state index in [1.54, 1.807) is 24.3 Å². The maximum Gasteiger partial charge on any atom is 0.254 e. The Morgan fingerprint density at radius 2 is 2.06 bits per heavy atom. The maximum atomic E-state index is 12.3. The summed E-state index contributed by atoms with van der Waals surface area (Å²) < 4.78 is 0. The SMILES string of the molecule is CC1CN(C(=O)c2cccc(C#N)c2)CC(C)N1. The van der Waals surface area contributed by atoms with Crippen molar-refractivity contribution in [2.45, 2.75) is 25.9 Å². The number of nitrogens with zero attached hydrogens (tertiary/aromatic N) is 2. The van der Waals surface area contributed by atoms with Crippen molar-refractivity contribution < 1.29 is 4.79 Å². The van der Waals surface area contributed by atoms with Crippen LogP contribution in [0.1, 0.15) is 29.8 Å². The summed E-state index contributed by atoms with van der Waals surface area (Å²) >= 11 is 0. The molecule has 0 bridgehead atoms. The molecule has 1 N–H and O–H groups in total. The minimum absolute atomic E-state index is 0.00676. The third-order valence-corrected chi connectivity index (χ3v) is 3.08. The number of nitriles is 1. The lowest BCUT2D eigenvalue weighted by molar-refractivity contribution is 0.0674. The molecule has 1 aromatic carbocycles. The highest BCUT2D eigenvalue weighted by atomic mass is 16.2. The van der Waals surface area contributed by atoms with Crippen LogP contribution >= 0.6 is 0 Å². The Morgan fingerprint density at radius 1 is 1.39 bits per heavy atom. The Morgan fingerprint density at radius 3 is 2.67 bits per heavy atom. The Kier molecular flexibility index (Phi) is 3.63. The van der Waals surface area contributed by atoms with Crippen LogP contribution in [0, 0.1) is 11.3 Å². The molecule has 1 heterocycles. The lowest BCUT2D eigenvalue weighted by Gasteiger charge is -2.36. The molecule has 1 fully saturated rings. The summed E-state index contributed by atoms with van der Waals surface area (Å²) in [5.74, 6) is 0.00676. The lowest BCUT2D eigenvalue weighted by Crippen LogP contribution is -2.55. The number of piperazine rings is 1. The van der Waals surface area contributed by atoms with Gasteiger partial charge in [0.25, 0.3) is 5.91 Å². The Bertz CT molecular complexity index is 482. The molecule has 4 nitrogen and oxygen atoms in total. The van der Waals surface area contributed by atoms with Crippen molar-refractivity contribution in [3.8, 4) is 6.07 Å². The molecule has 18 heavy (non-hydrogen) atoms. The summed E-state index contributed by atoms with van der Waals surface area (Å²) in [6, 6.07) is 9.54. The van der Waals surface area contributed by atoms with E-state index < -0.39 is 0 Å². The van der Waals surface area contributed by atoms with Gasteiger partial charge in [-0.05, 0) is 32.0 Å². The Labute approximate surface area is 107 Å². The maximum absolute atomic E-state index is 12.3. The van der Waals surface area contributed by atoms with Gasteiger partial charge in [0.2, 0.25) is 0 Å². The minimum Gasteiger partial charge on any atom is -0.336 e. The molecule has 0 radical (unpaired) electrons. The van der Waals surface area contributed by atoms with Gasteiger partial charge < -0.3 is 10.2 Å². The van der Waals surface area contributed by atoms with Gasteiger partial charge in [0.15, 0.2) is 0 Å². The molecule has 2 atom stereocenters. The number of carbonyl (C=O) groups is 1. The van der Waals surface area contributed by atoms with E-state index in [9.17, 15) is 4.79 Å². The molecular weight excluding hydrogens is 226 g/mol. The lowest BCUT2D eigenvalue weighted by atomic mass is 10.1. The highest BCUT2D eigenvalue weighted by Crippen LogP contribution is 2.11. The summed E-state index contributed by atoms with van der Waals surface area (Å²) in [6.07, 6.45) is 0. The van der Waals surface area contributed by atoms with Crippen LogP contribution in [-0.2, 0) is 0 Å². The number of hydrogen-bond acceptors (Lipinski definition) is 3. The number of nitrogens with one attached hydrogen (secondary N) is 1. The third-order valence-electron chi connectivity index (χ3n) is 3.08. The van der Waals surface area contributed by atoms with Crippen LogP contribution in [0.2, 0.25) is 0 Å². The predicted molar refractivity (Wildman–Crippen MR) is 69.1 cm³/mol. The van der Waals surface area contributed by atoms with Gasteiger partial charge >= 0.3 is 0 Å². The summed E-state index contributed by atoms with van der Waals surface area (Å²) in [5.41, 5.74) is 1.12. The van der Waals surface area contributed by atoms with E-state index >= 15 is 0 Å². The van der Waals surface area contributed by atoms with Gasteiger partial charge in [-0.25, -0.2) is 0 Å². The number of carbonyl (C=O) groups excluding carboxylic acids is 1. The second kappa shape index (κ2) is 5.19. The van der Waals surface area contributed by atoms with E-state index in [4.69, 9.17) is 5.26 Å². The fourth-order valence-corrected chi connectivity index (χ4v) is 2.40. The van der Waals surface area contributed by atoms with Gasteiger partial charge in [-0.3, -0.25) is 4.79 Å². The first-order valence-corrected chi connectivity index (χ1v) is 6.15. The molecular formula is C14H17N3O. The molecule has 4 heteroatoms. The van der Waals surface area contributed by atoms with Gasteiger partial charge in [0.1, 0.15) is 0 Å². The van der Waals surface area contributed by atoms with Crippen LogP contribution in [0.15, 0.2) is 24.3 Å². The molecule has 0 aliphatic carbocycles. The number of amides is 1. The van der Waals surface area contributed by atoms with Crippen molar-refractivity contribution in [3.05, 3.63) is 35.4 Å². The molecule has 1 aliphatic rings. The van der Waals surface area contributed by atoms with Crippen LogP contribution in [-0.4, -0.2) is 36.0 Å². The molecule has 1 amide bonds. The zero-order chi connectivity index (χ0) is 13.1. The largest absolute Gasteiger partial charge is 0.336 e. The standard InChI is InChI=1S/C14H17N3O/c1-10-8-17(9-11(2)16-10)14(18)13-5-3-4-12(6-13)7-15/h3-6,10-11,16H,8-9H2,1-2H3. The molecule has 1 saturated heterocycles. The zero-order valence-corrected chi connectivity index (χ0v) is 10.7. The van der Waals surface area contributed by atoms with E-state index in [0.29, 0.717) is 36.3 Å². The van der Waals surface area contributed by atoms with Crippen molar-refractivity contribution in [3.63, 3.8) is 0 Å². The van der Waals surface area contributed by atoms with Crippen molar-refractivity contribution in [2.75, 3.05) is 13.1 Å². The van der Waals surface area contributed by atoms with E-state index in [-0.39, 0.29) is 5.91 Å². The van der Waals surface area contributed by atoms with E-state index in [2.05, 4.69) is 25.2 Å². The van der Waals surface area contributed by atoms with Crippen LogP contribution in [0.3, 0.4) is 0 Å². The highest BCUT2D eigenvalue weighted by molar-refractivity contribution is 5.94. The average molecular weight is 243 g/mol. The number of benzene rings is 1. The Balaban J connectivity index is 2.18. The molecule has 94 valence electrons. The third kappa shape index (κ3) is 2.69. The second-order valence-corrected chi connectivity index (χ2v) is 4.87. The fourth-order valence-electron chi connectivity index (χ4n) is 2.40. The zero-order valence-electron chi connectivity index (χ0n) is 10.7. The van der Waals surface area contributed by atoms with Gasteiger partial charge in [0.05, 0.1) is 11.6 Å². The molecule has 0 saturated carbocycles. The van der Waals surface area contributed by atoms with Crippen molar-refractivity contribution >= 4 is 5.91 Å². The second-order valence-electron chi connectivity index (χ2n) is 4.87. The Hall–Kier alpha value is -1.86.